The molecule has 6 nitrogen and oxygen atoms in total. The molecule has 0 radical (unpaired) electrons. The number of benzene rings is 1. The first-order valence-corrected chi connectivity index (χ1v) is 12.3. The predicted octanol–water partition coefficient (Wildman–Crippen LogP) is 4.59. The molecular formula is C28H31F3N4O2. The van der Waals surface area contributed by atoms with Crippen molar-refractivity contribution in [3.63, 3.8) is 0 Å². The third-order valence-corrected chi connectivity index (χ3v) is 6.83. The normalized spacial score (nSPS) is 16.0. The topological polar surface area (TPSA) is 69.6 Å². The molecule has 1 aliphatic heterocycles. The van der Waals surface area contributed by atoms with Crippen LogP contribution in [0.5, 0.6) is 0 Å². The van der Waals surface area contributed by atoms with Crippen molar-refractivity contribution in [3.05, 3.63) is 94.8 Å². The average molecular weight is 513 g/mol. The SMILES string of the molecule is CN(C(=O)C(C)(C)O)[C@@H](c1ccc(F)c(F)c1)c1ccc(CN2CCC(c3ccc(F)nc3)CC2)cn1. The molecule has 1 aromatic carbocycles. The molecule has 196 valence electrons. The summed E-state index contributed by atoms with van der Waals surface area (Å²) in [5.74, 6) is -2.71. The first-order valence-electron chi connectivity index (χ1n) is 12.3. The molecule has 1 amide bonds. The second-order valence-corrected chi connectivity index (χ2v) is 10.1. The van der Waals surface area contributed by atoms with Gasteiger partial charge in [-0.1, -0.05) is 18.2 Å². The molecule has 0 saturated carbocycles. The number of nitrogens with zero attached hydrogens (tertiary/aromatic N) is 4. The lowest BCUT2D eigenvalue weighted by atomic mass is 9.90. The molecule has 0 unspecified atom stereocenters. The highest BCUT2D eigenvalue weighted by Crippen LogP contribution is 2.31. The van der Waals surface area contributed by atoms with Gasteiger partial charge in [-0.15, -0.1) is 0 Å². The van der Waals surface area contributed by atoms with Crippen LogP contribution in [0.25, 0.3) is 0 Å². The maximum atomic E-state index is 14.1. The summed E-state index contributed by atoms with van der Waals surface area (Å²) in [5, 5.41) is 10.3. The molecule has 3 aromatic rings. The molecule has 3 heterocycles. The average Bonchev–Trinajstić information content (AvgIpc) is 2.87. The second-order valence-electron chi connectivity index (χ2n) is 10.1. The number of pyridine rings is 2. The number of likely N-dealkylation sites (tertiary alicyclic amines) is 1. The van der Waals surface area contributed by atoms with E-state index in [-0.39, 0.29) is 0 Å². The van der Waals surface area contributed by atoms with Crippen LogP contribution in [0.1, 0.15) is 61.0 Å². The molecule has 0 bridgehead atoms. The lowest BCUT2D eigenvalue weighted by molar-refractivity contribution is -0.148. The summed E-state index contributed by atoms with van der Waals surface area (Å²) in [6.07, 6.45) is 5.23. The highest BCUT2D eigenvalue weighted by Gasteiger charge is 2.34. The predicted molar refractivity (Wildman–Crippen MR) is 133 cm³/mol. The zero-order chi connectivity index (χ0) is 26.7. The maximum absolute atomic E-state index is 14.1. The fourth-order valence-corrected chi connectivity index (χ4v) is 4.83. The van der Waals surface area contributed by atoms with Crippen molar-refractivity contribution < 1.29 is 23.1 Å². The molecule has 1 N–H and O–H groups in total. The van der Waals surface area contributed by atoms with Crippen molar-refractivity contribution in [1.29, 1.82) is 0 Å². The zero-order valence-corrected chi connectivity index (χ0v) is 21.2. The number of aliphatic hydroxyl groups is 1. The van der Waals surface area contributed by atoms with Gasteiger partial charge in [-0.05, 0) is 86.7 Å². The summed E-state index contributed by atoms with van der Waals surface area (Å²) in [6.45, 7) is 5.20. The van der Waals surface area contributed by atoms with Gasteiger partial charge in [-0.25, -0.2) is 13.8 Å². The molecule has 4 rings (SSSR count). The molecule has 1 fully saturated rings. The van der Waals surface area contributed by atoms with Gasteiger partial charge in [0, 0.05) is 26.0 Å². The van der Waals surface area contributed by atoms with Crippen LogP contribution in [0.4, 0.5) is 13.2 Å². The number of aromatic nitrogens is 2. The molecule has 0 spiro atoms. The van der Waals surface area contributed by atoms with E-state index in [0.29, 0.717) is 23.7 Å². The van der Waals surface area contributed by atoms with E-state index in [4.69, 9.17) is 0 Å². The van der Waals surface area contributed by atoms with Gasteiger partial charge in [0.15, 0.2) is 11.6 Å². The van der Waals surface area contributed by atoms with E-state index >= 15 is 0 Å². The highest BCUT2D eigenvalue weighted by atomic mass is 19.2. The van der Waals surface area contributed by atoms with Gasteiger partial charge in [-0.2, -0.15) is 4.39 Å². The minimum Gasteiger partial charge on any atom is -0.381 e. The Morgan fingerprint density at radius 3 is 2.35 bits per heavy atom. The Morgan fingerprint density at radius 2 is 1.78 bits per heavy atom. The van der Waals surface area contributed by atoms with Crippen LogP contribution < -0.4 is 0 Å². The molecule has 2 aromatic heterocycles. The van der Waals surface area contributed by atoms with Crippen LogP contribution in [0.3, 0.4) is 0 Å². The van der Waals surface area contributed by atoms with E-state index in [1.165, 1.54) is 37.9 Å². The Kier molecular flexibility index (Phi) is 7.94. The van der Waals surface area contributed by atoms with Crippen molar-refractivity contribution in [1.82, 2.24) is 19.8 Å². The third-order valence-electron chi connectivity index (χ3n) is 6.83. The summed E-state index contributed by atoms with van der Waals surface area (Å²) in [6, 6.07) is 9.53. The number of amides is 1. The van der Waals surface area contributed by atoms with E-state index in [2.05, 4.69) is 14.9 Å². The maximum Gasteiger partial charge on any atom is 0.254 e. The number of hydrogen-bond acceptors (Lipinski definition) is 5. The fraction of sp³-hybridized carbons (Fsp3) is 0.393. The number of halogens is 3. The number of rotatable bonds is 7. The van der Waals surface area contributed by atoms with E-state index in [1.807, 2.05) is 6.07 Å². The summed E-state index contributed by atoms with van der Waals surface area (Å²) in [5.41, 5.74) is 1.20. The van der Waals surface area contributed by atoms with Gasteiger partial charge in [0.1, 0.15) is 5.60 Å². The van der Waals surface area contributed by atoms with Gasteiger partial charge in [0.25, 0.3) is 5.91 Å². The van der Waals surface area contributed by atoms with Crippen LogP contribution in [0, 0.1) is 17.6 Å². The molecule has 37 heavy (non-hydrogen) atoms. The van der Waals surface area contributed by atoms with Crippen molar-refractivity contribution in [3.8, 4) is 0 Å². The van der Waals surface area contributed by atoms with Crippen molar-refractivity contribution >= 4 is 5.91 Å². The Balaban J connectivity index is 1.48. The summed E-state index contributed by atoms with van der Waals surface area (Å²) < 4.78 is 40.8. The van der Waals surface area contributed by atoms with E-state index in [1.54, 1.807) is 24.5 Å². The standard InChI is InChI=1S/C28H31F3N4O2/c1-28(2,37)27(36)34(3)26(20-5-7-22(29)23(30)14-20)24-8-4-18(15-32-24)17-35-12-10-19(11-13-35)21-6-9-25(31)33-16-21/h4-9,14-16,19,26,37H,10-13,17H2,1-3H3/t26-/m0/s1. The van der Waals surface area contributed by atoms with Crippen molar-refractivity contribution in [2.45, 2.75) is 50.8 Å². The minimum absolute atomic E-state index is 0.344. The van der Waals surface area contributed by atoms with E-state index in [9.17, 15) is 23.1 Å². The second kappa shape index (κ2) is 11.0. The lowest BCUT2D eigenvalue weighted by Crippen LogP contribution is -2.45. The lowest BCUT2D eigenvalue weighted by Gasteiger charge is -2.33. The molecular weight excluding hydrogens is 481 g/mol. The van der Waals surface area contributed by atoms with Crippen LogP contribution in [-0.4, -0.2) is 56.5 Å². The molecule has 1 aliphatic rings. The zero-order valence-electron chi connectivity index (χ0n) is 21.2. The van der Waals surface area contributed by atoms with Crippen LogP contribution in [0.15, 0.2) is 54.9 Å². The summed E-state index contributed by atoms with van der Waals surface area (Å²) in [7, 11) is 1.50. The molecule has 9 heteroatoms. The molecule has 0 aliphatic carbocycles. The van der Waals surface area contributed by atoms with Crippen LogP contribution in [0.2, 0.25) is 0 Å². The summed E-state index contributed by atoms with van der Waals surface area (Å²) in [4.78, 5) is 24.8. The van der Waals surface area contributed by atoms with Gasteiger partial charge < -0.3 is 10.0 Å². The minimum atomic E-state index is -1.65. The van der Waals surface area contributed by atoms with Gasteiger partial charge in [0.2, 0.25) is 5.95 Å². The number of likely N-dealkylation sites (N-methyl/N-ethyl adjacent to an activating group) is 1. The Bertz CT molecular complexity index is 1220. The van der Waals surface area contributed by atoms with E-state index < -0.39 is 35.1 Å². The van der Waals surface area contributed by atoms with E-state index in [0.717, 1.165) is 49.2 Å². The number of hydrogen-bond donors (Lipinski definition) is 1. The number of piperidine rings is 1. The van der Waals surface area contributed by atoms with Gasteiger partial charge >= 0.3 is 0 Å². The molecule has 1 saturated heterocycles. The summed E-state index contributed by atoms with van der Waals surface area (Å²) >= 11 is 0. The first kappa shape index (κ1) is 26.8. The Hall–Kier alpha value is -3.30. The van der Waals surface area contributed by atoms with Gasteiger partial charge in [-0.3, -0.25) is 14.7 Å². The smallest absolute Gasteiger partial charge is 0.254 e. The third kappa shape index (κ3) is 6.34. The molecule has 1 atom stereocenters. The monoisotopic (exact) mass is 512 g/mol. The first-order chi connectivity index (χ1) is 17.5. The largest absolute Gasteiger partial charge is 0.381 e. The number of carbonyl (C=O) groups excluding carboxylic acids is 1. The van der Waals surface area contributed by atoms with Gasteiger partial charge in [0.05, 0.1) is 11.7 Å². The fourth-order valence-electron chi connectivity index (χ4n) is 4.83. The van der Waals surface area contributed by atoms with Crippen molar-refractivity contribution in [2.24, 2.45) is 0 Å². The Morgan fingerprint density at radius 1 is 1.05 bits per heavy atom. The Labute approximate surface area is 214 Å². The van der Waals surface area contributed by atoms with Crippen LogP contribution in [-0.2, 0) is 11.3 Å². The quantitative estimate of drug-likeness (QED) is 0.469. The van der Waals surface area contributed by atoms with Crippen LogP contribution >= 0.6 is 0 Å². The highest BCUT2D eigenvalue weighted by molar-refractivity contribution is 5.84. The van der Waals surface area contributed by atoms with Crippen molar-refractivity contribution in [2.75, 3.05) is 20.1 Å². The number of carbonyl (C=O) groups is 1.